The molecule has 0 aliphatic heterocycles. The summed E-state index contributed by atoms with van der Waals surface area (Å²) in [5.41, 5.74) is -1.07. The Balaban J connectivity index is 3.36. The van der Waals surface area contributed by atoms with Crippen LogP contribution in [-0.2, 0) is 0 Å². The van der Waals surface area contributed by atoms with E-state index in [9.17, 15) is 13.6 Å². The highest BCUT2D eigenvalue weighted by Crippen LogP contribution is 2.30. The molecule has 1 heterocycles. The van der Waals surface area contributed by atoms with E-state index in [1.54, 1.807) is 0 Å². The van der Waals surface area contributed by atoms with Gasteiger partial charge in [-0.05, 0) is 0 Å². The molecule has 13 heavy (non-hydrogen) atoms. The first-order valence-electron chi connectivity index (χ1n) is 3.31. The second kappa shape index (κ2) is 3.74. The molecule has 6 heteroatoms. The molecule has 1 rings (SSSR count). The number of hydrogen-bond acceptors (Lipinski definition) is 2. The molecular weight excluding hydrogens is 204 g/mol. The lowest BCUT2D eigenvalue weighted by Gasteiger charge is -2.05. The molecule has 0 saturated carbocycles. The van der Waals surface area contributed by atoms with Crippen LogP contribution in [0.15, 0.2) is 11.0 Å². The number of H-pyrrole nitrogens is 1. The summed E-state index contributed by atoms with van der Waals surface area (Å²) in [5.74, 6) is -0.292. The van der Waals surface area contributed by atoms with Gasteiger partial charge in [0.05, 0.1) is 17.7 Å². The molecular formula is C7H6ClF2NO2. The van der Waals surface area contributed by atoms with Gasteiger partial charge in [0.15, 0.2) is 0 Å². The van der Waals surface area contributed by atoms with Crippen LogP contribution in [0.25, 0.3) is 0 Å². The second-order valence-electron chi connectivity index (χ2n) is 2.22. The number of alkyl halides is 2. The van der Waals surface area contributed by atoms with Gasteiger partial charge in [0.25, 0.3) is 12.0 Å². The van der Waals surface area contributed by atoms with E-state index in [1.165, 1.54) is 7.11 Å². The topological polar surface area (TPSA) is 42.1 Å². The van der Waals surface area contributed by atoms with Gasteiger partial charge in [-0.1, -0.05) is 11.6 Å². The number of nitrogens with one attached hydrogen (secondary N) is 1. The monoisotopic (exact) mass is 209 g/mol. The first-order valence-corrected chi connectivity index (χ1v) is 3.69. The Labute approximate surface area is 77.3 Å². The highest BCUT2D eigenvalue weighted by Gasteiger charge is 2.17. The van der Waals surface area contributed by atoms with Gasteiger partial charge < -0.3 is 9.72 Å². The average molecular weight is 210 g/mol. The minimum absolute atomic E-state index is 0.292. The summed E-state index contributed by atoms with van der Waals surface area (Å²) in [6.07, 6.45) is -1.86. The van der Waals surface area contributed by atoms with Crippen molar-refractivity contribution >= 4 is 11.6 Å². The summed E-state index contributed by atoms with van der Waals surface area (Å²) < 4.78 is 29.0. The van der Waals surface area contributed by atoms with Crippen molar-refractivity contribution in [3.8, 4) is 5.75 Å². The first-order chi connectivity index (χ1) is 6.07. The smallest absolute Gasteiger partial charge is 0.291 e. The van der Waals surface area contributed by atoms with Gasteiger partial charge in [-0.2, -0.15) is 0 Å². The lowest BCUT2D eigenvalue weighted by molar-refractivity contribution is 0.150. The van der Waals surface area contributed by atoms with Crippen molar-refractivity contribution in [1.29, 1.82) is 0 Å². The third-order valence-corrected chi connectivity index (χ3v) is 1.85. The first kappa shape index (κ1) is 9.98. The van der Waals surface area contributed by atoms with E-state index in [2.05, 4.69) is 9.72 Å². The number of rotatable bonds is 2. The Morgan fingerprint density at radius 3 is 2.69 bits per heavy atom. The highest BCUT2D eigenvalue weighted by molar-refractivity contribution is 6.32. The van der Waals surface area contributed by atoms with Crippen LogP contribution in [-0.4, -0.2) is 12.1 Å². The van der Waals surface area contributed by atoms with E-state index in [-0.39, 0.29) is 10.8 Å². The van der Waals surface area contributed by atoms with Crippen molar-refractivity contribution in [2.45, 2.75) is 6.43 Å². The van der Waals surface area contributed by atoms with Gasteiger partial charge >= 0.3 is 0 Å². The lowest BCUT2D eigenvalue weighted by atomic mass is 10.3. The van der Waals surface area contributed by atoms with Gasteiger partial charge in [0.1, 0.15) is 0 Å². The number of pyridine rings is 1. The molecule has 0 aliphatic rings. The third-order valence-electron chi connectivity index (χ3n) is 1.46. The molecule has 1 aromatic heterocycles. The van der Waals surface area contributed by atoms with Crippen LogP contribution in [0.5, 0.6) is 5.75 Å². The minimum atomic E-state index is -2.74. The number of aromatic nitrogens is 1. The molecule has 0 bridgehead atoms. The minimum Gasteiger partial charge on any atom is -0.490 e. The maximum atomic E-state index is 12.2. The van der Waals surface area contributed by atoms with Crippen LogP contribution in [0.1, 0.15) is 12.0 Å². The second-order valence-corrected chi connectivity index (χ2v) is 2.60. The van der Waals surface area contributed by atoms with E-state index < -0.39 is 17.5 Å². The Morgan fingerprint density at radius 2 is 2.23 bits per heavy atom. The summed E-state index contributed by atoms with van der Waals surface area (Å²) in [4.78, 5) is 13.0. The highest BCUT2D eigenvalue weighted by atomic mass is 35.5. The average Bonchev–Trinajstić information content (AvgIpc) is 2.04. The number of hydrogen-bond donors (Lipinski definition) is 1. The van der Waals surface area contributed by atoms with Crippen LogP contribution in [0.2, 0.25) is 5.02 Å². The van der Waals surface area contributed by atoms with Crippen LogP contribution in [0, 0.1) is 0 Å². The molecule has 0 aliphatic carbocycles. The molecule has 0 fully saturated rings. The SMILES string of the molecule is COc1c(Cl)c(C(F)F)c[nH]c1=O. The van der Waals surface area contributed by atoms with Gasteiger partial charge in [-0.15, -0.1) is 0 Å². The van der Waals surface area contributed by atoms with E-state index in [0.717, 1.165) is 6.20 Å². The predicted molar refractivity (Wildman–Crippen MR) is 43.6 cm³/mol. The molecule has 3 nitrogen and oxygen atoms in total. The van der Waals surface area contributed by atoms with Crippen molar-refractivity contribution in [3.05, 3.63) is 27.1 Å². The molecule has 0 radical (unpaired) electrons. The predicted octanol–water partition coefficient (Wildman–Crippen LogP) is 1.97. The summed E-state index contributed by atoms with van der Waals surface area (Å²) in [6, 6.07) is 0. The summed E-state index contributed by atoms with van der Waals surface area (Å²) in [7, 11) is 1.19. The molecule has 1 aromatic rings. The van der Waals surface area contributed by atoms with E-state index in [1.807, 2.05) is 0 Å². The third kappa shape index (κ3) is 1.80. The quantitative estimate of drug-likeness (QED) is 0.809. The Kier molecular flexibility index (Phi) is 2.87. The van der Waals surface area contributed by atoms with Crippen molar-refractivity contribution in [2.24, 2.45) is 0 Å². The standard InChI is InChI=1S/C7H6ClF2NO2/c1-13-5-4(8)3(6(9)10)2-11-7(5)12/h2,6H,1H3,(H,11,12). The zero-order valence-electron chi connectivity index (χ0n) is 6.61. The molecule has 0 unspecified atom stereocenters. The molecule has 1 N–H and O–H groups in total. The van der Waals surface area contributed by atoms with Gasteiger partial charge in [0, 0.05) is 6.20 Å². The van der Waals surface area contributed by atoms with Crippen LogP contribution in [0.4, 0.5) is 8.78 Å². The fraction of sp³-hybridized carbons (Fsp3) is 0.286. The fourth-order valence-electron chi connectivity index (χ4n) is 0.844. The van der Waals surface area contributed by atoms with Gasteiger partial charge in [0.2, 0.25) is 5.75 Å². The van der Waals surface area contributed by atoms with Gasteiger partial charge in [-0.25, -0.2) is 8.78 Å². The molecule has 0 saturated heterocycles. The van der Waals surface area contributed by atoms with Crippen LogP contribution >= 0.6 is 11.6 Å². The number of methoxy groups -OCH3 is 1. The summed E-state index contributed by atoms with van der Waals surface area (Å²) >= 11 is 5.48. The maximum absolute atomic E-state index is 12.2. The lowest BCUT2D eigenvalue weighted by Crippen LogP contribution is -2.10. The Bertz CT molecular complexity index is 364. The molecule has 0 spiro atoms. The molecule has 0 amide bonds. The van der Waals surface area contributed by atoms with Crippen molar-refractivity contribution in [2.75, 3.05) is 7.11 Å². The van der Waals surface area contributed by atoms with Crippen molar-refractivity contribution < 1.29 is 13.5 Å². The van der Waals surface area contributed by atoms with E-state index in [0.29, 0.717) is 0 Å². The van der Waals surface area contributed by atoms with Crippen molar-refractivity contribution in [1.82, 2.24) is 4.98 Å². The zero-order valence-corrected chi connectivity index (χ0v) is 7.36. The van der Waals surface area contributed by atoms with Crippen LogP contribution in [0.3, 0.4) is 0 Å². The van der Waals surface area contributed by atoms with Gasteiger partial charge in [-0.3, -0.25) is 4.79 Å². The number of aromatic amines is 1. The normalized spacial score (nSPS) is 10.5. The van der Waals surface area contributed by atoms with Crippen LogP contribution < -0.4 is 10.3 Å². The molecule has 72 valence electrons. The Morgan fingerprint density at radius 1 is 1.62 bits per heavy atom. The number of halogens is 3. The zero-order chi connectivity index (χ0) is 10.0. The fourth-order valence-corrected chi connectivity index (χ4v) is 1.14. The van der Waals surface area contributed by atoms with E-state index in [4.69, 9.17) is 11.6 Å². The largest absolute Gasteiger partial charge is 0.490 e. The van der Waals surface area contributed by atoms with Crippen molar-refractivity contribution in [3.63, 3.8) is 0 Å². The maximum Gasteiger partial charge on any atom is 0.291 e. The molecule has 0 atom stereocenters. The summed E-state index contributed by atoms with van der Waals surface area (Å²) in [5, 5.41) is -0.346. The Hall–Kier alpha value is -1.10. The van der Waals surface area contributed by atoms with E-state index >= 15 is 0 Å². The molecule has 0 aromatic carbocycles. The number of ether oxygens (including phenoxy) is 1. The summed E-state index contributed by atoms with van der Waals surface area (Å²) in [6.45, 7) is 0.